The highest BCUT2D eigenvalue weighted by Crippen LogP contribution is 2.37. The zero-order chi connectivity index (χ0) is 19.6. The number of nitrogens with two attached hydrogens (primary N) is 1. The maximum atomic E-state index is 13.9. The molecule has 7 heteroatoms. The van der Waals surface area contributed by atoms with Gasteiger partial charge in [0.1, 0.15) is 5.82 Å². The van der Waals surface area contributed by atoms with Gasteiger partial charge < -0.3 is 11.1 Å². The third kappa shape index (κ3) is 5.58. The second kappa shape index (κ2) is 9.89. The average molecular weight is 517 g/mol. The molecule has 3 rings (SSSR count). The summed E-state index contributed by atoms with van der Waals surface area (Å²) in [6, 6.07) is 11.3. The summed E-state index contributed by atoms with van der Waals surface area (Å²) >= 11 is 5.83. The number of guanidine groups is 1. The van der Waals surface area contributed by atoms with Gasteiger partial charge in [0, 0.05) is 18.3 Å². The van der Waals surface area contributed by atoms with E-state index in [0.29, 0.717) is 12.5 Å². The van der Waals surface area contributed by atoms with Gasteiger partial charge >= 0.3 is 0 Å². The van der Waals surface area contributed by atoms with E-state index in [2.05, 4.69) is 42.2 Å². The van der Waals surface area contributed by atoms with E-state index in [9.17, 15) is 4.39 Å². The molecule has 2 atom stereocenters. The van der Waals surface area contributed by atoms with Crippen molar-refractivity contribution in [1.29, 1.82) is 0 Å². The van der Waals surface area contributed by atoms with Gasteiger partial charge in [-0.1, -0.05) is 23.7 Å². The lowest BCUT2D eigenvalue weighted by Crippen LogP contribution is -2.26. The Bertz CT molecular complexity index is 838. The fourth-order valence-electron chi connectivity index (χ4n) is 3.89. The van der Waals surface area contributed by atoms with Crippen LogP contribution in [0.2, 0.25) is 5.02 Å². The van der Waals surface area contributed by atoms with Crippen LogP contribution < -0.4 is 11.1 Å². The number of aryl methyl sites for hydroxylation is 2. The van der Waals surface area contributed by atoms with Crippen LogP contribution in [0, 0.1) is 25.6 Å². The Labute approximate surface area is 188 Å². The van der Waals surface area contributed by atoms with Crippen LogP contribution in [0.3, 0.4) is 0 Å². The first kappa shape index (κ1) is 22.9. The summed E-state index contributed by atoms with van der Waals surface area (Å²) in [4.78, 5) is 6.78. The van der Waals surface area contributed by atoms with Gasteiger partial charge in [-0.05, 0) is 80.7 Å². The Morgan fingerprint density at radius 3 is 2.57 bits per heavy atom. The first-order chi connectivity index (χ1) is 12.8. The van der Waals surface area contributed by atoms with Crippen molar-refractivity contribution in [2.45, 2.75) is 26.3 Å². The van der Waals surface area contributed by atoms with Crippen molar-refractivity contribution in [3.05, 3.63) is 63.9 Å². The number of aliphatic imine (C=N–C) groups is 1. The minimum absolute atomic E-state index is 0. The average Bonchev–Trinajstić information content (AvgIpc) is 2.95. The van der Waals surface area contributed by atoms with Crippen molar-refractivity contribution in [1.82, 2.24) is 4.90 Å². The third-order valence-electron chi connectivity index (χ3n) is 5.05. The summed E-state index contributed by atoms with van der Waals surface area (Å²) in [6.07, 6.45) is 0.992. The number of likely N-dealkylation sites (tertiary alicyclic amines) is 1. The van der Waals surface area contributed by atoms with Crippen LogP contribution >= 0.6 is 35.6 Å². The highest BCUT2D eigenvalue weighted by molar-refractivity contribution is 14.0. The zero-order valence-corrected chi connectivity index (χ0v) is 19.5. The Hall–Kier alpha value is -1.38. The van der Waals surface area contributed by atoms with E-state index in [1.165, 1.54) is 17.2 Å². The molecule has 1 aliphatic heterocycles. The van der Waals surface area contributed by atoms with Crippen molar-refractivity contribution < 1.29 is 4.39 Å². The standard InChI is InChI=1S/C21H26ClFN4.HI/c1-13-8-14(2)10-17(9-13)26-21(24)25-12-16-6-7-27(3)20(16)15-4-5-18(22)19(23)11-15;/h4-5,8-11,16,20H,6-7,12H2,1-3H3,(H3,24,25,26);1H. The van der Waals surface area contributed by atoms with Gasteiger partial charge in [0.05, 0.1) is 5.02 Å². The monoisotopic (exact) mass is 516 g/mol. The lowest BCUT2D eigenvalue weighted by atomic mass is 9.94. The molecule has 4 nitrogen and oxygen atoms in total. The molecular formula is C21H27ClFIN4. The van der Waals surface area contributed by atoms with Crippen molar-refractivity contribution in [2.75, 3.05) is 25.5 Å². The third-order valence-corrected chi connectivity index (χ3v) is 5.36. The number of hydrogen-bond donors (Lipinski definition) is 2. The number of nitrogens with zero attached hydrogens (tertiary/aromatic N) is 2. The van der Waals surface area contributed by atoms with E-state index in [1.54, 1.807) is 6.07 Å². The van der Waals surface area contributed by atoms with Crippen LogP contribution in [0.15, 0.2) is 41.4 Å². The lowest BCUT2D eigenvalue weighted by Gasteiger charge is -2.25. The summed E-state index contributed by atoms with van der Waals surface area (Å²) in [6.45, 7) is 5.63. The molecule has 0 radical (unpaired) electrons. The molecular weight excluding hydrogens is 490 g/mol. The van der Waals surface area contributed by atoms with Crippen molar-refractivity contribution >= 4 is 47.2 Å². The van der Waals surface area contributed by atoms with Gasteiger partial charge in [0.15, 0.2) is 5.96 Å². The molecule has 2 aromatic rings. The number of anilines is 1. The number of nitrogens with one attached hydrogen (secondary N) is 1. The summed E-state index contributed by atoms with van der Waals surface area (Å²) in [5.41, 5.74) is 10.3. The Morgan fingerprint density at radius 1 is 1.25 bits per heavy atom. The quantitative estimate of drug-likeness (QED) is 0.336. The van der Waals surface area contributed by atoms with Gasteiger partial charge in [0.25, 0.3) is 0 Å². The van der Waals surface area contributed by atoms with Crippen molar-refractivity contribution in [3.8, 4) is 0 Å². The number of halogens is 3. The molecule has 0 aromatic heterocycles. The molecule has 2 aromatic carbocycles. The predicted octanol–water partition coefficient (Wildman–Crippen LogP) is 5.13. The Kier molecular flexibility index (Phi) is 8.09. The first-order valence-electron chi connectivity index (χ1n) is 9.14. The molecule has 3 N–H and O–H groups in total. The highest BCUT2D eigenvalue weighted by Gasteiger charge is 2.33. The topological polar surface area (TPSA) is 53.6 Å². The minimum atomic E-state index is -0.382. The van der Waals surface area contributed by atoms with E-state index in [1.807, 2.05) is 18.2 Å². The van der Waals surface area contributed by atoms with Gasteiger partial charge in [-0.2, -0.15) is 0 Å². The van der Waals surface area contributed by atoms with E-state index in [4.69, 9.17) is 17.3 Å². The second-order valence-electron chi connectivity index (χ2n) is 7.38. The van der Waals surface area contributed by atoms with Crippen LogP contribution in [0.1, 0.15) is 29.2 Å². The summed E-state index contributed by atoms with van der Waals surface area (Å²) in [7, 11) is 2.05. The number of hydrogen-bond acceptors (Lipinski definition) is 2. The molecule has 0 amide bonds. The van der Waals surface area contributed by atoms with Crippen LogP contribution in [-0.4, -0.2) is 31.0 Å². The van der Waals surface area contributed by atoms with E-state index < -0.39 is 0 Å². The zero-order valence-electron chi connectivity index (χ0n) is 16.4. The van der Waals surface area contributed by atoms with Gasteiger partial charge in [0.2, 0.25) is 0 Å². The molecule has 1 aliphatic rings. The predicted molar refractivity (Wildman–Crippen MR) is 126 cm³/mol. The highest BCUT2D eigenvalue weighted by atomic mass is 127. The molecule has 1 fully saturated rings. The first-order valence-corrected chi connectivity index (χ1v) is 9.51. The summed E-state index contributed by atoms with van der Waals surface area (Å²) < 4.78 is 13.9. The molecule has 1 heterocycles. The van der Waals surface area contributed by atoms with E-state index >= 15 is 0 Å². The summed E-state index contributed by atoms with van der Waals surface area (Å²) in [5.74, 6) is 0.290. The van der Waals surface area contributed by atoms with Gasteiger partial charge in [-0.3, -0.25) is 9.89 Å². The van der Waals surface area contributed by atoms with Crippen LogP contribution in [0.25, 0.3) is 0 Å². The SMILES string of the molecule is Cc1cc(C)cc(NC(N)=NCC2CCN(C)C2c2ccc(Cl)c(F)c2)c1.I. The minimum Gasteiger partial charge on any atom is -0.370 e. The largest absolute Gasteiger partial charge is 0.370 e. The molecule has 0 aliphatic carbocycles. The second-order valence-corrected chi connectivity index (χ2v) is 7.78. The summed E-state index contributed by atoms with van der Waals surface area (Å²) in [5, 5.41) is 3.32. The molecule has 0 spiro atoms. The van der Waals surface area contributed by atoms with Crippen LogP contribution in [-0.2, 0) is 0 Å². The van der Waals surface area contributed by atoms with Gasteiger partial charge in [-0.25, -0.2) is 4.39 Å². The number of rotatable bonds is 4. The van der Waals surface area contributed by atoms with Crippen molar-refractivity contribution in [2.24, 2.45) is 16.6 Å². The van der Waals surface area contributed by atoms with Crippen molar-refractivity contribution in [3.63, 3.8) is 0 Å². The molecule has 28 heavy (non-hydrogen) atoms. The molecule has 152 valence electrons. The van der Waals surface area contributed by atoms with Crippen LogP contribution in [0.4, 0.5) is 10.1 Å². The Balaban J connectivity index is 0.00000280. The normalized spacial score (nSPS) is 20.1. The molecule has 2 unspecified atom stereocenters. The van der Waals surface area contributed by atoms with E-state index in [0.717, 1.165) is 24.2 Å². The van der Waals surface area contributed by atoms with E-state index in [-0.39, 0.29) is 46.8 Å². The van der Waals surface area contributed by atoms with Crippen LogP contribution in [0.5, 0.6) is 0 Å². The molecule has 0 saturated carbocycles. The smallest absolute Gasteiger partial charge is 0.193 e. The Morgan fingerprint density at radius 2 is 1.93 bits per heavy atom. The van der Waals surface area contributed by atoms with Gasteiger partial charge in [-0.15, -0.1) is 24.0 Å². The maximum absolute atomic E-state index is 13.9. The lowest BCUT2D eigenvalue weighted by molar-refractivity contribution is 0.279. The maximum Gasteiger partial charge on any atom is 0.193 e. The fraction of sp³-hybridized carbons (Fsp3) is 0.381. The fourth-order valence-corrected chi connectivity index (χ4v) is 4.01. The molecule has 1 saturated heterocycles. The molecule has 0 bridgehead atoms. The number of benzene rings is 2.